The Morgan fingerprint density at radius 2 is 1.90 bits per heavy atom. The van der Waals surface area contributed by atoms with Gasteiger partial charge in [-0.05, 0) is 44.4 Å². The highest BCUT2D eigenvalue weighted by atomic mass is 16.2. The molecule has 0 bridgehead atoms. The van der Waals surface area contributed by atoms with Crippen molar-refractivity contribution in [2.24, 2.45) is 5.92 Å². The summed E-state index contributed by atoms with van der Waals surface area (Å²) in [7, 11) is 0. The molecule has 1 aliphatic carbocycles. The summed E-state index contributed by atoms with van der Waals surface area (Å²) in [6.45, 7) is 2.73. The van der Waals surface area contributed by atoms with Crippen LogP contribution in [0.3, 0.4) is 0 Å². The molecule has 0 aromatic rings. The molecule has 1 atom stereocenters. The van der Waals surface area contributed by atoms with Gasteiger partial charge in [0.2, 0.25) is 5.91 Å². The fourth-order valence-electron chi connectivity index (χ4n) is 3.65. The predicted octanol–water partition coefficient (Wildman–Crippen LogP) is 1.11. The summed E-state index contributed by atoms with van der Waals surface area (Å²) in [5.41, 5.74) is 0. The van der Waals surface area contributed by atoms with Crippen molar-refractivity contribution in [3.63, 3.8) is 0 Å². The molecule has 3 fully saturated rings. The molecule has 0 aromatic heterocycles. The molecule has 6 heteroatoms. The average molecular weight is 293 g/mol. The third kappa shape index (κ3) is 2.76. The molecule has 0 radical (unpaired) electrons. The highest BCUT2D eigenvalue weighted by Crippen LogP contribution is 2.27. The number of rotatable bonds is 3. The Hall–Kier alpha value is -1.59. The summed E-state index contributed by atoms with van der Waals surface area (Å²) >= 11 is 0. The maximum atomic E-state index is 12.2. The first-order valence-electron chi connectivity index (χ1n) is 7.97. The number of imide groups is 1. The van der Waals surface area contributed by atoms with E-state index in [1.54, 1.807) is 4.90 Å². The van der Waals surface area contributed by atoms with E-state index in [0.29, 0.717) is 6.54 Å². The number of nitrogens with zero attached hydrogens (tertiary/aromatic N) is 2. The van der Waals surface area contributed by atoms with Gasteiger partial charge in [-0.3, -0.25) is 14.5 Å². The molecule has 2 saturated heterocycles. The summed E-state index contributed by atoms with van der Waals surface area (Å²) in [5, 5.41) is 2.97. The van der Waals surface area contributed by atoms with Crippen molar-refractivity contribution < 1.29 is 14.4 Å². The van der Waals surface area contributed by atoms with Gasteiger partial charge in [0.1, 0.15) is 12.6 Å². The quantitative estimate of drug-likeness (QED) is 0.792. The SMILES string of the molecule is CC1CCC(NC(=O)CN2C(=O)[C@@H]3CCCN3C2=O)CC1. The molecule has 3 rings (SSSR count). The zero-order valence-corrected chi connectivity index (χ0v) is 12.5. The van der Waals surface area contributed by atoms with Crippen LogP contribution < -0.4 is 5.32 Å². The largest absolute Gasteiger partial charge is 0.352 e. The van der Waals surface area contributed by atoms with Crippen LogP contribution in [0.25, 0.3) is 0 Å². The van der Waals surface area contributed by atoms with E-state index in [9.17, 15) is 14.4 Å². The number of nitrogens with one attached hydrogen (secondary N) is 1. The topological polar surface area (TPSA) is 69.7 Å². The Bertz CT molecular complexity index is 435. The van der Waals surface area contributed by atoms with Gasteiger partial charge in [-0.25, -0.2) is 4.79 Å². The van der Waals surface area contributed by atoms with Gasteiger partial charge in [-0.1, -0.05) is 6.92 Å². The maximum absolute atomic E-state index is 12.2. The van der Waals surface area contributed by atoms with E-state index >= 15 is 0 Å². The minimum absolute atomic E-state index is 0.128. The van der Waals surface area contributed by atoms with E-state index in [2.05, 4.69) is 12.2 Å². The number of hydrogen-bond donors (Lipinski definition) is 1. The molecular weight excluding hydrogens is 270 g/mol. The molecule has 4 amide bonds. The van der Waals surface area contributed by atoms with Crippen LogP contribution in [0.5, 0.6) is 0 Å². The summed E-state index contributed by atoms with van der Waals surface area (Å²) < 4.78 is 0. The summed E-state index contributed by atoms with van der Waals surface area (Å²) in [6.07, 6.45) is 5.84. The van der Waals surface area contributed by atoms with Crippen LogP contribution in [0.4, 0.5) is 4.79 Å². The van der Waals surface area contributed by atoms with Gasteiger partial charge >= 0.3 is 6.03 Å². The third-order valence-corrected chi connectivity index (χ3v) is 4.96. The van der Waals surface area contributed by atoms with Crippen molar-refractivity contribution in [1.82, 2.24) is 15.1 Å². The van der Waals surface area contributed by atoms with Gasteiger partial charge in [0, 0.05) is 12.6 Å². The lowest BCUT2D eigenvalue weighted by atomic mass is 9.87. The number of carbonyl (C=O) groups is 3. The zero-order chi connectivity index (χ0) is 15.0. The minimum atomic E-state index is -0.319. The molecule has 3 aliphatic rings. The number of fused-ring (bicyclic) bond motifs is 1. The van der Waals surface area contributed by atoms with Gasteiger partial charge in [0.05, 0.1) is 0 Å². The predicted molar refractivity (Wildman–Crippen MR) is 76.4 cm³/mol. The molecule has 1 N–H and O–H groups in total. The lowest BCUT2D eigenvalue weighted by Crippen LogP contribution is -2.45. The van der Waals surface area contributed by atoms with Gasteiger partial charge < -0.3 is 10.2 Å². The van der Waals surface area contributed by atoms with Crippen molar-refractivity contribution in [2.45, 2.75) is 57.5 Å². The number of amides is 4. The first-order valence-corrected chi connectivity index (χ1v) is 7.97. The molecule has 116 valence electrons. The fraction of sp³-hybridized carbons (Fsp3) is 0.800. The van der Waals surface area contributed by atoms with Crippen LogP contribution in [0, 0.1) is 5.92 Å². The fourth-order valence-corrected chi connectivity index (χ4v) is 3.65. The molecule has 21 heavy (non-hydrogen) atoms. The van der Waals surface area contributed by atoms with Crippen molar-refractivity contribution in [2.75, 3.05) is 13.1 Å². The smallest absolute Gasteiger partial charge is 0.327 e. The number of urea groups is 1. The third-order valence-electron chi connectivity index (χ3n) is 4.96. The normalized spacial score (nSPS) is 32.5. The summed E-state index contributed by atoms with van der Waals surface area (Å²) in [4.78, 5) is 39.1. The molecule has 2 heterocycles. The molecule has 6 nitrogen and oxygen atoms in total. The Morgan fingerprint density at radius 3 is 2.57 bits per heavy atom. The summed E-state index contributed by atoms with van der Waals surface area (Å²) in [6, 6.07) is -0.419. The van der Waals surface area contributed by atoms with Gasteiger partial charge in [-0.15, -0.1) is 0 Å². The second-order valence-electron chi connectivity index (χ2n) is 6.58. The van der Waals surface area contributed by atoms with Gasteiger partial charge in [-0.2, -0.15) is 0 Å². The summed E-state index contributed by atoms with van der Waals surface area (Å²) in [5.74, 6) is 0.314. The van der Waals surface area contributed by atoms with Crippen molar-refractivity contribution >= 4 is 17.8 Å². The molecule has 1 saturated carbocycles. The minimum Gasteiger partial charge on any atom is -0.352 e. The lowest BCUT2D eigenvalue weighted by molar-refractivity contribution is -0.132. The Balaban J connectivity index is 1.53. The van der Waals surface area contributed by atoms with E-state index in [0.717, 1.165) is 49.3 Å². The van der Waals surface area contributed by atoms with Crippen LogP contribution in [-0.4, -0.2) is 52.8 Å². The molecule has 0 aromatic carbocycles. The van der Waals surface area contributed by atoms with Gasteiger partial charge in [0.25, 0.3) is 5.91 Å². The molecule has 0 unspecified atom stereocenters. The standard InChI is InChI=1S/C15H23N3O3/c1-10-4-6-11(7-5-10)16-13(19)9-18-14(20)12-3-2-8-17(12)15(18)21/h10-12H,2-9H2,1H3,(H,16,19)/t10?,11?,12-/m0/s1. The Labute approximate surface area is 124 Å². The second kappa shape index (κ2) is 5.66. The first-order chi connectivity index (χ1) is 10.1. The second-order valence-corrected chi connectivity index (χ2v) is 6.58. The lowest BCUT2D eigenvalue weighted by Gasteiger charge is -2.27. The van der Waals surface area contributed by atoms with E-state index in [1.807, 2.05) is 0 Å². The van der Waals surface area contributed by atoms with E-state index in [1.165, 1.54) is 0 Å². The average Bonchev–Trinajstić information content (AvgIpc) is 3.02. The molecule has 2 aliphatic heterocycles. The highest BCUT2D eigenvalue weighted by Gasteiger charge is 2.47. The van der Waals surface area contributed by atoms with E-state index in [4.69, 9.17) is 0 Å². The van der Waals surface area contributed by atoms with Crippen molar-refractivity contribution in [3.05, 3.63) is 0 Å². The van der Waals surface area contributed by atoms with E-state index < -0.39 is 0 Å². The van der Waals surface area contributed by atoms with Crippen LogP contribution in [0.1, 0.15) is 45.4 Å². The molecule has 0 spiro atoms. The van der Waals surface area contributed by atoms with Crippen LogP contribution in [0.2, 0.25) is 0 Å². The monoisotopic (exact) mass is 293 g/mol. The highest BCUT2D eigenvalue weighted by molar-refractivity contribution is 6.06. The van der Waals surface area contributed by atoms with Crippen LogP contribution >= 0.6 is 0 Å². The van der Waals surface area contributed by atoms with E-state index in [-0.39, 0.29) is 36.5 Å². The maximum Gasteiger partial charge on any atom is 0.327 e. The van der Waals surface area contributed by atoms with Gasteiger partial charge in [0.15, 0.2) is 0 Å². The van der Waals surface area contributed by atoms with Crippen molar-refractivity contribution in [3.8, 4) is 0 Å². The molecular formula is C15H23N3O3. The van der Waals surface area contributed by atoms with Crippen LogP contribution in [-0.2, 0) is 9.59 Å². The number of carbonyl (C=O) groups excluding carboxylic acids is 3. The zero-order valence-electron chi connectivity index (χ0n) is 12.5. The number of hydrogen-bond acceptors (Lipinski definition) is 3. The Kier molecular flexibility index (Phi) is 3.87. The van der Waals surface area contributed by atoms with Crippen LogP contribution in [0.15, 0.2) is 0 Å². The first kappa shape index (κ1) is 14.4. The Morgan fingerprint density at radius 1 is 1.19 bits per heavy atom. The van der Waals surface area contributed by atoms with Crippen molar-refractivity contribution in [1.29, 1.82) is 0 Å².